The van der Waals surface area contributed by atoms with Crippen LogP contribution in [-0.2, 0) is 19.1 Å². The summed E-state index contributed by atoms with van der Waals surface area (Å²) in [5, 5.41) is 7.89. The number of amides is 2. The second-order valence-corrected chi connectivity index (χ2v) is 7.12. The van der Waals surface area contributed by atoms with E-state index in [9.17, 15) is 9.59 Å². The summed E-state index contributed by atoms with van der Waals surface area (Å²) in [5.74, 6) is -0.486. The van der Waals surface area contributed by atoms with E-state index in [4.69, 9.17) is 9.47 Å². The molecule has 0 fully saturated rings. The molecule has 27 heavy (non-hydrogen) atoms. The number of rotatable bonds is 8. The molecule has 2 N–H and O–H groups in total. The molecule has 0 saturated heterocycles. The third kappa shape index (κ3) is 7.64. The maximum absolute atomic E-state index is 11.8. The van der Waals surface area contributed by atoms with Crippen LogP contribution in [-0.4, -0.2) is 35.4 Å². The molecule has 148 valence electrons. The van der Waals surface area contributed by atoms with Gasteiger partial charge in [0.2, 0.25) is 11.8 Å². The lowest BCUT2D eigenvalue weighted by atomic mass is 10.00. The Morgan fingerprint density at radius 1 is 0.926 bits per heavy atom. The summed E-state index contributed by atoms with van der Waals surface area (Å²) in [6.07, 6.45) is 14.7. The van der Waals surface area contributed by atoms with E-state index in [1.807, 2.05) is 26.0 Å². The van der Waals surface area contributed by atoms with Gasteiger partial charge >= 0.3 is 0 Å². The van der Waals surface area contributed by atoms with E-state index in [1.54, 1.807) is 25.0 Å². The van der Waals surface area contributed by atoms with Gasteiger partial charge in [-0.25, -0.2) is 10.9 Å². The second kappa shape index (κ2) is 9.89. The molecule has 0 radical (unpaired) electrons. The zero-order valence-electron chi connectivity index (χ0n) is 15.9. The van der Waals surface area contributed by atoms with Crippen molar-refractivity contribution in [3.63, 3.8) is 0 Å². The first-order chi connectivity index (χ1) is 12.9. The number of ether oxygens (including phenoxy) is 2. The lowest BCUT2D eigenvalue weighted by molar-refractivity contribution is -0.122. The van der Waals surface area contributed by atoms with Crippen molar-refractivity contribution in [2.24, 2.45) is 10.2 Å². The lowest BCUT2D eigenvalue weighted by Crippen LogP contribution is -2.32. The highest BCUT2D eigenvalue weighted by atomic mass is 16.5. The number of nitrogens with zero attached hydrogens (tertiary/aromatic N) is 2. The van der Waals surface area contributed by atoms with E-state index in [1.165, 1.54) is 0 Å². The van der Waals surface area contributed by atoms with E-state index in [0.29, 0.717) is 6.42 Å². The lowest BCUT2D eigenvalue weighted by Gasteiger charge is -2.26. The third-order valence-corrected chi connectivity index (χ3v) is 4.34. The van der Waals surface area contributed by atoms with Gasteiger partial charge in [-0.05, 0) is 58.1 Å². The number of hydrazone groups is 2. The molecule has 8 heteroatoms. The average molecular weight is 376 g/mol. The zero-order valence-corrected chi connectivity index (χ0v) is 15.9. The Labute approximate surface area is 159 Å². The fourth-order valence-electron chi connectivity index (χ4n) is 2.59. The number of nitrogens with one attached hydrogen (secondary N) is 2. The van der Waals surface area contributed by atoms with Crippen molar-refractivity contribution in [2.45, 2.75) is 70.0 Å². The quantitative estimate of drug-likeness (QED) is 0.502. The molecule has 2 rings (SSSR count). The highest BCUT2D eigenvalue weighted by Crippen LogP contribution is 2.21. The van der Waals surface area contributed by atoms with Gasteiger partial charge in [0.15, 0.2) is 0 Å². The molecule has 0 aromatic heterocycles. The van der Waals surface area contributed by atoms with Gasteiger partial charge in [-0.3, -0.25) is 9.59 Å². The standard InChI is InChI=1S/C19H28N4O4/c1-18(10-3-5-12-26-18)14-20-22-16(24)8-7-9-17(25)23-21-15-19(2)11-4-6-13-27-19/h5-6,12-15H,3-4,7-11H2,1-2H3,(H,22,24)(H,23,25)/b20-14+,21-15?. The molecular weight excluding hydrogens is 348 g/mol. The van der Waals surface area contributed by atoms with Crippen molar-refractivity contribution < 1.29 is 19.1 Å². The van der Waals surface area contributed by atoms with Crippen molar-refractivity contribution in [1.29, 1.82) is 0 Å². The van der Waals surface area contributed by atoms with Crippen LogP contribution < -0.4 is 10.9 Å². The van der Waals surface area contributed by atoms with Crippen molar-refractivity contribution in [1.82, 2.24) is 10.9 Å². The first kappa shape index (κ1) is 20.7. The molecule has 0 bridgehead atoms. The minimum Gasteiger partial charge on any atom is -0.490 e. The number of hydrogen-bond acceptors (Lipinski definition) is 6. The molecule has 2 aliphatic heterocycles. The minimum atomic E-state index is -0.492. The summed E-state index contributed by atoms with van der Waals surface area (Å²) in [4.78, 5) is 23.5. The molecular formula is C19H28N4O4. The Bertz CT molecular complexity index is 590. The van der Waals surface area contributed by atoms with Crippen LogP contribution in [0, 0.1) is 0 Å². The van der Waals surface area contributed by atoms with Crippen LogP contribution in [0.2, 0.25) is 0 Å². The second-order valence-electron chi connectivity index (χ2n) is 7.12. The van der Waals surface area contributed by atoms with Gasteiger partial charge in [0.1, 0.15) is 11.2 Å². The maximum atomic E-state index is 11.8. The van der Waals surface area contributed by atoms with Crippen LogP contribution in [0.4, 0.5) is 0 Å². The Kier molecular flexibility index (Phi) is 7.57. The molecule has 2 heterocycles. The van der Waals surface area contributed by atoms with Crippen LogP contribution >= 0.6 is 0 Å². The fourth-order valence-corrected chi connectivity index (χ4v) is 2.59. The van der Waals surface area contributed by atoms with E-state index >= 15 is 0 Å². The van der Waals surface area contributed by atoms with Gasteiger partial charge in [-0.15, -0.1) is 0 Å². The predicted molar refractivity (Wildman–Crippen MR) is 103 cm³/mol. The Morgan fingerprint density at radius 2 is 1.37 bits per heavy atom. The fraction of sp³-hybridized carbons (Fsp3) is 0.579. The van der Waals surface area contributed by atoms with Crippen molar-refractivity contribution >= 4 is 24.2 Å². The van der Waals surface area contributed by atoms with Crippen LogP contribution in [0.3, 0.4) is 0 Å². The van der Waals surface area contributed by atoms with Gasteiger partial charge in [0.25, 0.3) is 0 Å². The number of hydrogen-bond donors (Lipinski definition) is 2. The molecule has 2 aliphatic rings. The normalized spacial score (nSPS) is 27.3. The van der Waals surface area contributed by atoms with E-state index < -0.39 is 11.2 Å². The van der Waals surface area contributed by atoms with Gasteiger partial charge in [-0.1, -0.05) is 0 Å². The van der Waals surface area contributed by atoms with Crippen molar-refractivity contribution in [3.05, 3.63) is 24.7 Å². The molecule has 0 saturated carbocycles. The minimum absolute atomic E-state index is 0.206. The summed E-state index contributed by atoms with van der Waals surface area (Å²) in [5.41, 5.74) is 3.94. The maximum Gasteiger partial charge on any atom is 0.240 e. The summed E-state index contributed by atoms with van der Waals surface area (Å²) in [7, 11) is 0. The zero-order chi connectivity index (χ0) is 19.6. The third-order valence-electron chi connectivity index (χ3n) is 4.34. The van der Waals surface area contributed by atoms with Crippen LogP contribution in [0.25, 0.3) is 0 Å². The van der Waals surface area contributed by atoms with Crippen molar-refractivity contribution in [3.8, 4) is 0 Å². The van der Waals surface area contributed by atoms with E-state index in [0.717, 1.165) is 25.7 Å². The number of carbonyl (C=O) groups is 2. The summed E-state index contributed by atoms with van der Waals surface area (Å²) >= 11 is 0. The van der Waals surface area contributed by atoms with Gasteiger partial charge in [0.05, 0.1) is 25.0 Å². The van der Waals surface area contributed by atoms with Crippen LogP contribution in [0.15, 0.2) is 34.9 Å². The van der Waals surface area contributed by atoms with Crippen LogP contribution in [0.1, 0.15) is 58.8 Å². The Morgan fingerprint density at radius 3 is 1.74 bits per heavy atom. The smallest absolute Gasteiger partial charge is 0.240 e. The van der Waals surface area contributed by atoms with Gasteiger partial charge in [0, 0.05) is 12.8 Å². The first-order valence-corrected chi connectivity index (χ1v) is 9.23. The summed E-state index contributed by atoms with van der Waals surface area (Å²) in [6, 6.07) is 0. The highest BCUT2D eigenvalue weighted by molar-refractivity contribution is 5.80. The predicted octanol–water partition coefficient (Wildman–Crippen LogP) is 2.53. The highest BCUT2D eigenvalue weighted by Gasteiger charge is 2.24. The van der Waals surface area contributed by atoms with E-state index in [-0.39, 0.29) is 24.7 Å². The van der Waals surface area contributed by atoms with Crippen molar-refractivity contribution in [2.75, 3.05) is 0 Å². The van der Waals surface area contributed by atoms with Crippen LogP contribution in [0.5, 0.6) is 0 Å². The molecule has 0 aromatic rings. The molecule has 8 nitrogen and oxygen atoms in total. The molecule has 2 unspecified atom stereocenters. The molecule has 0 spiro atoms. The Balaban J connectivity index is 1.59. The molecule has 2 amide bonds. The number of carbonyl (C=O) groups excluding carboxylic acids is 2. The van der Waals surface area contributed by atoms with Gasteiger partial charge < -0.3 is 9.47 Å². The largest absolute Gasteiger partial charge is 0.490 e. The summed E-state index contributed by atoms with van der Waals surface area (Å²) in [6.45, 7) is 3.82. The molecule has 2 atom stereocenters. The monoisotopic (exact) mass is 376 g/mol. The molecule has 0 aromatic carbocycles. The SMILES string of the molecule is CC1(C=NNC(=O)CCCC(=O)N/N=C/C2(C)CCC=CO2)CCC=CO1. The topological polar surface area (TPSA) is 101 Å². The van der Waals surface area contributed by atoms with E-state index in [2.05, 4.69) is 21.1 Å². The number of allylic oxidation sites excluding steroid dienone is 2. The summed E-state index contributed by atoms with van der Waals surface area (Å²) < 4.78 is 11.0. The first-order valence-electron chi connectivity index (χ1n) is 9.23. The van der Waals surface area contributed by atoms with Gasteiger partial charge in [-0.2, -0.15) is 10.2 Å². The molecule has 0 aliphatic carbocycles. The Hall–Kier alpha value is -2.64. The average Bonchev–Trinajstić information content (AvgIpc) is 2.62.